The fourth-order valence-electron chi connectivity index (χ4n) is 2.37. The normalized spacial score (nSPS) is 26.8. The third kappa shape index (κ3) is 8.31. The highest BCUT2D eigenvalue weighted by molar-refractivity contribution is 7.63. The van der Waals surface area contributed by atoms with E-state index in [9.17, 15) is 24.1 Å². The monoisotopic (exact) mass is 492 g/mol. The molecular weight excluding hydrogens is 466 g/mol. The van der Waals surface area contributed by atoms with E-state index < -0.39 is 58.1 Å². The number of aromatic nitrogens is 2. The first-order valence-electron chi connectivity index (χ1n) is 8.48. The highest BCUT2D eigenvalue weighted by Gasteiger charge is 2.43. The molecule has 1 aromatic rings. The van der Waals surface area contributed by atoms with Crippen LogP contribution in [0.25, 0.3) is 0 Å². The highest BCUT2D eigenvalue weighted by Crippen LogP contribution is 2.59. The number of ether oxygens (including phenoxy) is 1. The van der Waals surface area contributed by atoms with Crippen molar-refractivity contribution < 1.29 is 53.3 Å². The van der Waals surface area contributed by atoms with Crippen LogP contribution in [0, 0.1) is 0 Å². The van der Waals surface area contributed by atoms with Gasteiger partial charge in [0.2, 0.25) is 0 Å². The van der Waals surface area contributed by atoms with Crippen LogP contribution in [0.1, 0.15) is 6.23 Å². The number of hydrogen-bond acceptors (Lipinski definition) is 12. The minimum atomic E-state index is -5.08. The van der Waals surface area contributed by atoms with Gasteiger partial charge in [-0.2, -0.15) is 4.98 Å². The Kier molecular flexibility index (Phi) is 9.90. The van der Waals surface area contributed by atoms with Crippen LogP contribution >= 0.6 is 15.4 Å². The number of nitrogen functional groups attached to an aromatic ring is 1. The molecule has 1 aromatic heterocycles. The molecule has 2 unspecified atom stereocenters. The molecule has 6 atom stereocenters. The van der Waals surface area contributed by atoms with E-state index in [4.69, 9.17) is 35.4 Å². The van der Waals surface area contributed by atoms with Gasteiger partial charge in [0.25, 0.3) is 0 Å². The lowest BCUT2D eigenvalue weighted by Gasteiger charge is -2.20. The van der Waals surface area contributed by atoms with E-state index >= 15 is 0 Å². The molecule has 0 aliphatic carbocycles. The number of aliphatic hydroxyl groups is 4. The third-order valence-corrected chi connectivity index (χ3v) is 6.47. The molecule has 2 heterocycles. The fraction of sp³-hybridized carbons (Fsp3) is 0.692. The Morgan fingerprint density at radius 1 is 1.29 bits per heavy atom. The van der Waals surface area contributed by atoms with Crippen molar-refractivity contribution in [1.82, 2.24) is 14.5 Å². The van der Waals surface area contributed by atoms with E-state index in [1.54, 1.807) is 0 Å². The van der Waals surface area contributed by atoms with E-state index in [2.05, 4.69) is 9.29 Å². The number of phosphoric acid groups is 1. The summed E-state index contributed by atoms with van der Waals surface area (Å²) in [5.74, 6) is -1.80. The maximum absolute atomic E-state index is 11.5. The van der Waals surface area contributed by atoms with Gasteiger partial charge in [-0.05, 0) is 20.2 Å². The standard InChI is InChI=1S/C9H13N3O5.C4H13NO7P2/c10-5-1-2-12(9(16)11-5)8-7(15)6(14)4(3-13)17-8;1-5(2)3-4(6)13(7,8)12-14(9,10)11/h1-2,4,6-8,13-15H,3H2,(H2,10,11,16);4,6H,3H2,1-2H3,(H,7,8)(H2,9,10,11)/t4-,6-,7-,8-;/m1./s1. The van der Waals surface area contributed by atoms with Crippen LogP contribution < -0.4 is 11.4 Å². The second-order valence-electron chi connectivity index (χ2n) is 6.65. The molecular formula is C13H26N4O12P2. The van der Waals surface area contributed by atoms with Crippen molar-refractivity contribution in [1.29, 1.82) is 0 Å². The molecule has 1 fully saturated rings. The molecule has 0 spiro atoms. The van der Waals surface area contributed by atoms with Gasteiger partial charge in [0, 0.05) is 12.7 Å². The van der Waals surface area contributed by atoms with Gasteiger partial charge in [-0.3, -0.25) is 9.13 Å². The second-order valence-corrected chi connectivity index (χ2v) is 10.0. The molecule has 0 bridgehead atoms. The van der Waals surface area contributed by atoms with E-state index in [0.29, 0.717) is 0 Å². The van der Waals surface area contributed by atoms with Gasteiger partial charge in [-0.15, -0.1) is 0 Å². The average Bonchev–Trinajstić information content (AvgIpc) is 2.88. The van der Waals surface area contributed by atoms with Gasteiger partial charge in [-0.1, -0.05) is 0 Å². The summed E-state index contributed by atoms with van der Waals surface area (Å²) in [6.45, 7) is -0.695. The van der Waals surface area contributed by atoms with E-state index in [-0.39, 0.29) is 12.4 Å². The van der Waals surface area contributed by atoms with E-state index in [0.717, 1.165) is 4.57 Å². The number of nitrogens with zero attached hydrogens (tertiary/aromatic N) is 3. The van der Waals surface area contributed by atoms with Crippen molar-refractivity contribution >= 4 is 21.2 Å². The molecule has 0 saturated carbocycles. The van der Waals surface area contributed by atoms with Crippen molar-refractivity contribution in [3.63, 3.8) is 0 Å². The first-order chi connectivity index (χ1) is 14.1. The summed E-state index contributed by atoms with van der Waals surface area (Å²) in [6.07, 6.45) is -3.27. The summed E-state index contributed by atoms with van der Waals surface area (Å²) < 4.78 is 31.1. The van der Waals surface area contributed by atoms with Gasteiger partial charge in [0.1, 0.15) is 24.1 Å². The number of nitrogens with two attached hydrogens (primary N) is 1. The number of likely N-dealkylation sites (N-methyl/N-ethyl adjacent to an activating group) is 1. The first kappa shape index (κ1) is 27.8. The number of rotatable bonds is 7. The van der Waals surface area contributed by atoms with Crippen molar-refractivity contribution in [2.24, 2.45) is 0 Å². The summed E-state index contributed by atoms with van der Waals surface area (Å²) in [5.41, 5.74) is 4.63. The van der Waals surface area contributed by atoms with Gasteiger partial charge < -0.3 is 50.5 Å². The predicted molar refractivity (Wildman–Crippen MR) is 103 cm³/mol. The molecule has 1 saturated heterocycles. The summed E-state index contributed by atoms with van der Waals surface area (Å²) in [6, 6.07) is 1.37. The number of anilines is 1. The Morgan fingerprint density at radius 2 is 1.87 bits per heavy atom. The highest BCUT2D eigenvalue weighted by atomic mass is 31.3. The SMILES string of the molecule is CN(C)CC(O)P(=O)(O)OP(=O)(O)O.Nc1ccn([C@@H]2O[C@H](CO)[C@@H](O)[C@H]2O)c(=O)n1. The molecule has 2 rings (SSSR count). The zero-order chi connectivity index (χ0) is 24.1. The Morgan fingerprint density at radius 3 is 2.29 bits per heavy atom. The molecule has 0 aromatic carbocycles. The molecule has 1 aliphatic heterocycles. The van der Waals surface area contributed by atoms with Gasteiger partial charge in [0.15, 0.2) is 12.1 Å². The van der Waals surface area contributed by atoms with Gasteiger partial charge >= 0.3 is 21.1 Å². The topological polar surface area (TPSA) is 258 Å². The van der Waals surface area contributed by atoms with E-state index in [1.165, 1.54) is 31.3 Å². The first-order valence-corrected chi connectivity index (χ1v) is 11.7. The number of aliphatic hydroxyl groups excluding tert-OH is 4. The Hall–Kier alpha value is -1.26. The molecule has 1 aliphatic rings. The molecule has 0 radical (unpaired) electrons. The maximum Gasteiger partial charge on any atom is 0.476 e. The molecule has 180 valence electrons. The van der Waals surface area contributed by atoms with Crippen molar-refractivity contribution in [2.45, 2.75) is 30.4 Å². The summed E-state index contributed by atoms with van der Waals surface area (Å²) in [7, 11) is -6.76. The van der Waals surface area contributed by atoms with Crippen LogP contribution in [-0.4, -0.2) is 101 Å². The summed E-state index contributed by atoms with van der Waals surface area (Å²) in [5, 5.41) is 37.2. The molecule has 9 N–H and O–H groups in total. The minimum Gasteiger partial charge on any atom is -0.394 e. The molecule has 16 nitrogen and oxygen atoms in total. The third-order valence-electron chi connectivity index (χ3n) is 3.77. The van der Waals surface area contributed by atoms with Gasteiger partial charge in [0.05, 0.1) is 6.61 Å². The lowest BCUT2D eigenvalue weighted by atomic mass is 10.1. The van der Waals surface area contributed by atoms with Crippen molar-refractivity contribution in [2.75, 3.05) is 33.0 Å². The second kappa shape index (κ2) is 11.0. The largest absolute Gasteiger partial charge is 0.476 e. The molecule has 31 heavy (non-hydrogen) atoms. The molecule has 18 heteroatoms. The summed E-state index contributed by atoms with van der Waals surface area (Å²) in [4.78, 5) is 41.8. The fourth-order valence-corrected chi connectivity index (χ4v) is 4.55. The van der Waals surface area contributed by atoms with Crippen LogP contribution in [0.5, 0.6) is 0 Å². The van der Waals surface area contributed by atoms with Crippen LogP contribution in [0.3, 0.4) is 0 Å². The minimum absolute atomic E-state index is 0.0537. The number of hydrogen-bond donors (Lipinski definition) is 8. The van der Waals surface area contributed by atoms with E-state index in [1.807, 2.05) is 0 Å². The zero-order valence-corrected chi connectivity index (χ0v) is 18.2. The zero-order valence-electron chi connectivity index (χ0n) is 16.4. The molecule has 0 amide bonds. The predicted octanol–water partition coefficient (Wildman–Crippen LogP) is -3.40. The maximum atomic E-state index is 11.5. The average molecular weight is 492 g/mol. The Balaban J connectivity index is 0.000000318. The Labute approximate surface area is 175 Å². The Bertz CT molecular complexity index is 876. The van der Waals surface area contributed by atoms with Crippen LogP contribution in [0.4, 0.5) is 5.82 Å². The van der Waals surface area contributed by atoms with Crippen molar-refractivity contribution in [3.8, 4) is 0 Å². The van der Waals surface area contributed by atoms with Crippen LogP contribution in [-0.2, 0) is 18.2 Å². The lowest BCUT2D eigenvalue weighted by Crippen LogP contribution is -2.36. The van der Waals surface area contributed by atoms with Gasteiger partial charge in [-0.25, -0.2) is 13.7 Å². The lowest BCUT2D eigenvalue weighted by molar-refractivity contribution is -0.0549. The van der Waals surface area contributed by atoms with Crippen molar-refractivity contribution in [3.05, 3.63) is 22.7 Å². The van der Waals surface area contributed by atoms with Crippen LogP contribution in [0.2, 0.25) is 0 Å². The summed E-state index contributed by atoms with van der Waals surface area (Å²) >= 11 is 0. The smallest absolute Gasteiger partial charge is 0.394 e. The van der Waals surface area contributed by atoms with Crippen LogP contribution in [0.15, 0.2) is 17.1 Å². The quantitative estimate of drug-likeness (QED) is 0.173.